The molecular formula is C13H16FNO2. The van der Waals surface area contributed by atoms with Crippen molar-refractivity contribution in [2.45, 2.75) is 12.3 Å². The standard InChI is InChI=1S/C13H16FNO2/c1-15-7-6-11(12(8-15)13(16)17)9-2-4-10(14)5-3-9/h2-5,11-12H,6-8H2,1H3,(H,16,17)/t11?,12-/m1/s1. The minimum atomic E-state index is -0.772. The largest absolute Gasteiger partial charge is 0.481 e. The van der Waals surface area contributed by atoms with Gasteiger partial charge in [0.1, 0.15) is 5.82 Å². The Morgan fingerprint density at radius 3 is 2.65 bits per heavy atom. The molecule has 0 radical (unpaired) electrons. The number of benzene rings is 1. The van der Waals surface area contributed by atoms with E-state index in [0.29, 0.717) is 6.54 Å². The average molecular weight is 237 g/mol. The topological polar surface area (TPSA) is 40.5 Å². The van der Waals surface area contributed by atoms with Crippen molar-refractivity contribution in [3.05, 3.63) is 35.6 Å². The third-order valence-corrected chi connectivity index (χ3v) is 3.43. The van der Waals surface area contributed by atoms with Gasteiger partial charge in [0, 0.05) is 6.54 Å². The highest BCUT2D eigenvalue weighted by atomic mass is 19.1. The molecule has 1 aromatic rings. The van der Waals surface area contributed by atoms with Gasteiger partial charge >= 0.3 is 5.97 Å². The molecule has 1 aliphatic heterocycles. The Morgan fingerprint density at radius 1 is 1.41 bits per heavy atom. The fourth-order valence-electron chi connectivity index (χ4n) is 2.47. The monoisotopic (exact) mass is 237 g/mol. The molecule has 0 aliphatic carbocycles. The summed E-state index contributed by atoms with van der Waals surface area (Å²) in [5.41, 5.74) is 0.923. The third-order valence-electron chi connectivity index (χ3n) is 3.43. The molecule has 1 heterocycles. The summed E-state index contributed by atoms with van der Waals surface area (Å²) in [4.78, 5) is 13.3. The summed E-state index contributed by atoms with van der Waals surface area (Å²) in [6, 6.07) is 6.18. The molecule has 0 aromatic heterocycles. The van der Waals surface area contributed by atoms with E-state index < -0.39 is 11.9 Å². The van der Waals surface area contributed by atoms with Gasteiger partial charge in [0.25, 0.3) is 0 Å². The van der Waals surface area contributed by atoms with Gasteiger partial charge in [-0.2, -0.15) is 0 Å². The molecule has 3 nitrogen and oxygen atoms in total. The van der Waals surface area contributed by atoms with Crippen LogP contribution in [0, 0.1) is 11.7 Å². The first-order valence-electron chi connectivity index (χ1n) is 5.74. The van der Waals surface area contributed by atoms with E-state index in [1.165, 1.54) is 12.1 Å². The first kappa shape index (κ1) is 12.0. The Morgan fingerprint density at radius 2 is 2.06 bits per heavy atom. The summed E-state index contributed by atoms with van der Waals surface area (Å²) in [7, 11) is 1.93. The Labute approximate surface area is 99.9 Å². The molecule has 0 bridgehead atoms. The van der Waals surface area contributed by atoms with Gasteiger partial charge in [0.15, 0.2) is 0 Å². The van der Waals surface area contributed by atoms with Gasteiger partial charge in [-0.05, 0) is 43.6 Å². The van der Waals surface area contributed by atoms with E-state index in [4.69, 9.17) is 0 Å². The maximum atomic E-state index is 12.8. The highest BCUT2D eigenvalue weighted by molar-refractivity contribution is 5.72. The third kappa shape index (κ3) is 2.64. The molecule has 2 atom stereocenters. The molecule has 0 saturated carbocycles. The predicted molar refractivity (Wildman–Crippen MR) is 62.4 cm³/mol. The minimum Gasteiger partial charge on any atom is -0.481 e. The maximum Gasteiger partial charge on any atom is 0.308 e. The molecule has 4 heteroatoms. The predicted octanol–water partition coefficient (Wildman–Crippen LogP) is 1.95. The highest BCUT2D eigenvalue weighted by Crippen LogP contribution is 2.32. The van der Waals surface area contributed by atoms with Crippen molar-refractivity contribution >= 4 is 5.97 Å². The molecular weight excluding hydrogens is 221 g/mol. The van der Waals surface area contributed by atoms with Crippen LogP contribution >= 0.6 is 0 Å². The quantitative estimate of drug-likeness (QED) is 0.854. The van der Waals surface area contributed by atoms with E-state index in [1.54, 1.807) is 12.1 Å². The van der Waals surface area contributed by atoms with Crippen LogP contribution in [0.25, 0.3) is 0 Å². The SMILES string of the molecule is CN1CCC(c2ccc(F)cc2)[C@H](C(=O)O)C1. The molecule has 0 amide bonds. The number of carbonyl (C=O) groups is 1. The Hall–Kier alpha value is -1.42. The van der Waals surface area contributed by atoms with E-state index in [0.717, 1.165) is 18.5 Å². The molecule has 1 aromatic carbocycles. The number of nitrogens with zero attached hydrogens (tertiary/aromatic N) is 1. The Kier molecular flexibility index (Phi) is 3.43. The van der Waals surface area contributed by atoms with Crippen LogP contribution in [-0.2, 0) is 4.79 Å². The van der Waals surface area contributed by atoms with Gasteiger partial charge < -0.3 is 10.0 Å². The van der Waals surface area contributed by atoms with Crippen LogP contribution in [-0.4, -0.2) is 36.1 Å². The van der Waals surface area contributed by atoms with Crippen molar-refractivity contribution in [1.29, 1.82) is 0 Å². The van der Waals surface area contributed by atoms with Gasteiger partial charge in [-0.15, -0.1) is 0 Å². The summed E-state index contributed by atoms with van der Waals surface area (Å²) in [6.07, 6.45) is 0.805. The van der Waals surface area contributed by atoms with E-state index in [1.807, 2.05) is 11.9 Å². The lowest BCUT2D eigenvalue weighted by Crippen LogP contribution is -2.40. The van der Waals surface area contributed by atoms with Crippen LogP contribution in [0.5, 0.6) is 0 Å². The molecule has 2 rings (SSSR count). The van der Waals surface area contributed by atoms with Crippen molar-refractivity contribution in [3.63, 3.8) is 0 Å². The number of hydrogen-bond acceptors (Lipinski definition) is 2. The van der Waals surface area contributed by atoms with Crippen molar-refractivity contribution in [3.8, 4) is 0 Å². The molecule has 17 heavy (non-hydrogen) atoms. The number of carboxylic acids is 1. The average Bonchev–Trinajstić information content (AvgIpc) is 2.30. The first-order valence-corrected chi connectivity index (χ1v) is 5.74. The zero-order valence-corrected chi connectivity index (χ0v) is 9.77. The van der Waals surface area contributed by atoms with Gasteiger partial charge in [-0.1, -0.05) is 12.1 Å². The van der Waals surface area contributed by atoms with E-state index in [2.05, 4.69) is 0 Å². The summed E-state index contributed by atoms with van der Waals surface area (Å²) in [6.45, 7) is 1.43. The second-order valence-electron chi connectivity index (χ2n) is 4.65. The Bertz CT molecular complexity index is 404. The maximum absolute atomic E-state index is 12.8. The number of halogens is 1. The Balaban J connectivity index is 2.23. The van der Waals surface area contributed by atoms with Crippen molar-refractivity contribution in [1.82, 2.24) is 4.90 Å². The highest BCUT2D eigenvalue weighted by Gasteiger charge is 2.33. The number of carboxylic acid groups (broad SMARTS) is 1. The fraction of sp³-hybridized carbons (Fsp3) is 0.462. The molecule has 1 saturated heterocycles. The van der Waals surface area contributed by atoms with Crippen LogP contribution < -0.4 is 0 Å². The molecule has 1 aliphatic rings. The summed E-state index contributed by atoms with van der Waals surface area (Å²) in [5.74, 6) is -1.47. The number of aliphatic carboxylic acids is 1. The normalized spacial score (nSPS) is 25.8. The van der Waals surface area contributed by atoms with Gasteiger partial charge in [0.2, 0.25) is 0 Å². The first-order chi connectivity index (χ1) is 8.08. The molecule has 0 spiro atoms. The van der Waals surface area contributed by atoms with Crippen LogP contribution in [0.15, 0.2) is 24.3 Å². The van der Waals surface area contributed by atoms with E-state index >= 15 is 0 Å². The van der Waals surface area contributed by atoms with Crippen LogP contribution in [0.1, 0.15) is 17.9 Å². The molecule has 1 unspecified atom stereocenters. The number of piperidine rings is 1. The smallest absolute Gasteiger partial charge is 0.308 e. The van der Waals surface area contributed by atoms with Gasteiger partial charge in [-0.25, -0.2) is 4.39 Å². The number of likely N-dealkylation sites (tertiary alicyclic amines) is 1. The van der Waals surface area contributed by atoms with Crippen molar-refractivity contribution in [2.24, 2.45) is 5.92 Å². The lowest BCUT2D eigenvalue weighted by molar-refractivity contribution is -0.144. The lowest BCUT2D eigenvalue weighted by atomic mass is 9.80. The minimum absolute atomic E-state index is 0.00991. The van der Waals surface area contributed by atoms with Crippen LogP contribution in [0.2, 0.25) is 0 Å². The molecule has 92 valence electrons. The van der Waals surface area contributed by atoms with Crippen molar-refractivity contribution < 1.29 is 14.3 Å². The zero-order valence-electron chi connectivity index (χ0n) is 9.77. The summed E-state index contributed by atoms with van der Waals surface area (Å²) in [5, 5.41) is 9.24. The van der Waals surface area contributed by atoms with Crippen molar-refractivity contribution in [2.75, 3.05) is 20.1 Å². The van der Waals surface area contributed by atoms with Gasteiger partial charge in [-0.3, -0.25) is 4.79 Å². The fourth-order valence-corrected chi connectivity index (χ4v) is 2.47. The van der Waals surface area contributed by atoms with Crippen LogP contribution in [0.3, 0.4) is 0 Å². The van der Waals surface area contributed by atoms with Gasteiger partial charge in [0.05, 0.1) is 5.92 Å². The molecule has 1 N–H and O–H groups in total. The zero-order chi connectivity index (χ0) is 12.4. The number of rotatable bonds is 2. The molecule has 1 fully saturated rings. The van der Waals surface area contributed by atoms with E-state index in [9.17, 15) is 14.3 Å². The summed E-state index contributed by atoms with van der Waals surface area (Å²) < 4.78 is 12.8. The summed E-state index contributed by atoms with van der Waals surface area (Å²) >= 11 is 0. The lowest BCUT2D eigenvalue weighted by Gasteiger charge is -2.34. The second kappa shape index (κ2) is 4.84. The second-order valence-corrected chi connectivity index (χ2v) is 4.65. The van der Waals surface area contributed by atoms with Crippen LogP contribution in [0.4, 0.5) is 4.39 Å². The number of hydrogen-bond donors (Lipinski definition) is 1. The van der Waals surface area contributed by atoms with E-state index in [-0.39, 0.29) is 11.7 Å².